The van der Waals surface area contributed by atoms with Crippen LogP contribution < -0.4 is 0 Å². The molecule has 0 spiro atoms. The van der Waals surface area contributed by atoms with Crippen molar-refractivity contribution in [2.45, 2.75) is 102 Å². The second-order valence-electron chi connectivity index (χ2n) is 25.8. The highest BCUT2D eigenvalue weighted by atomic mass is 35.5. The Kier molecular flexibility index (Phi) is 24.6. The minimum atomic E-state index is -3.48. The third-order valence-electron chi connectivity index (χ3n) is 19.3. The molecule has 97 heavy (non-hydrogen) atoms. The van der Waals surface area contributed by atoms with E-state index in [4.69, 9.17) is 58.7 Å². The number of pyridine rings is 3. The lowest BCUT2D eigenvalue weighted by Gasteiger charge is -2.35. The van der Waals surface area contributed by atoms with Gasteiger partial charge in [0.2, 0.25) is 30.1 Å². The number of ether oxygens (including phenoxy) is 1. The first kappa shape index (κ1) is 74.0. The van der Waals surface area contributed by atoms with Crippen molar-refractivity contribution in [3.8, 4) is 0 Å². The van der Waals surface area contributed by atoms with Crippen LogP contribution in [-0.4, -0.2) is 157 Å². The fraction of sp³-hybridized carbons (Fsp3) is 0.444. The Bertz CT molecular complexity index is 4420. The topological polar surface area (TPSA) is 241 Å². The van der Waals surface area contributed by atoms with Gasteiger partial charge in [0, 0.05) is 104 Å². The number of carbonyl (C=O) groups excluding carboxylic acids is 1. The van der Waals surface area contributed by atoms with E-state index in [0.29, 0.717) is 99.0 Å². The zero-order chi connectivity index (χ0) is 69.4. The summed E-state index contributed by atoms with van der Waals surface area (Å²) in [7, 11) is -13.1. The van der Waals surface area contributed by atoms with Crippen LogP contribution in [0.25, 0.3) is 34.9 Å². The standard InChI is InChI=1S/C25H29ClN2O4S.C24H29ClN2O5S2.C23H27ClN2O3S/c1-3-32-23(29)9-6-18-15-19-16-20(26)7-8-21(19)24(25-22(18)5-4-12-27-25)17-10-13-28(14-11-17)33(2,30)31;1-33(28,29)27-12-9-17(10-13-27)23-21-8-7-20(25)16-19(21)15-18(5-4-14-32-34(2,30)31)22-6-3-11-26-24(22)23;1-30(28,29)26-11-8-16(9-12-26)22-20-7-6-19(24)15-18(20)14-17(4-3-13-27)21-5-2-10-25-23(21)22/h4-5,7-8,12,15-17,24H,3,6,9-11,13-14H2,1-2H3;3,6-8,11,15-17,23H,4-5,9-10,12-14H2,1-2H3;2,5-7,10,14-16,22,27H,3-4,8-9,11-13H2,1H3. The molecule has 3 aliphatic heterocycles. The molecular formula is C72H85Cl3N6O12S4. The second-order valence-corrected chi connectivity index (χ2v) is 34.7. The first-order valence-corrected chi connectivity index (χ1v) is 41.5. The molecule has 3 aromatic carbocycles. The molecule has 6 aliphatic rings. The number of esters is 1. The van der Waals surface area contributed by atoms with Crippen molar-refractivity contribution in [3.05, 3.63) is 192 Å². The number of halogens is 3. The van der Waals surface area contributed by atoms with E-state index in [9.17, 15) is 43.6 Å². The van der Waals surface area contributed by atoms with Gasteiger partial charge in [-0.15, -0.1) is 0 Å². The zero-order valence-corrected chi connectivity index (χ0v) is 60.9. The Balaban J connectivity index is 0.000000158. The number of fused-ring (bicyclic) bond motifs is 6. The fourth-order valence-electron chi connectivity index (χ4n) is 14.8. The molecule has 0 bridgehead atoms. The van der Waals surface area contributed by atoms with Gasteiger partial charge in [0.1, 0.15) is 0 Å². The summed E-state index contributed by atoms with van der Waals surface area (Å²) in [5, 5.41) is 11.4. The lowest BCUT2D eigenvalue weighted by Crippen LogP contribution is -2.39. The lowest BCUT2D eigenvalue weighted by molar-refractivity contribution is -0.142. The van der Waals surface area contributed by atoms with Crippen molar-refractivity contribution in [1.29, 1.82) is 0 Å². The molecule has 6 aromatic rings. The van der Waals surface area contributed by atoms with E-state index in [-0.39, 0.29) is 48.8 Å². The normalized spacial score (nSPS) is 19.7. The number of hydrogen-bond donors (Lipinski definition) is 1. The number of carbonyl (C=O) groups is 1. The lowest BCUT2D eigenvalue weighted by atomic mass is 9.76. The number of rotatable bonds is 18. The van der Waals surface area contributed by atoms with Gasteiger partial charge in [-0.3, -0.25) is 23.9 Å². The first-order valence-electron chi connectivity index (χ1n) is 33.0. The molecule has 520 valence electrons. The molecule has 0 amide bonds. The van der Waals surface area contributed by atoms with Crippen LogP contribution in [0.2, 0.25) is 15.1 Å². The molecule has 0 saturated carbocycles. The van der Waals surface area contributed by atoms with E-state index < -0.39 is 40.2 Å². The molecule has 3 saturated heterocycles. The molecule has 3 atom stereocenters. The van der Waals surface area contributed by atoms with Gasteiger partial charge in [-0.2, -0.15) is 8.42 Å². The third-order valence-corrected chi connectivity index (χ3v) is 24.5. The van der Waals surface area contributed by atoms with E-state index in [1.165, 1.54) is 24.3 Å². The van der Waals surface area contributed by atoms with Crippen LogP contribution >= 0.6 is 34.8 Å². The van der Waals surface area contributed by atoms with Gasteiger partial charge in [0.05, 0.1) is 55.3 Å². The Hall–Kier alpha value is -5.73. The van der Waals surface area contributed by atoms with Crippen LogP contribution in [0.5, 0.6) is 0 Å². The minimum Gasteiger partial charge on any atom is -0.466 e. The van der Waals surface area contributed by atoms with Crippen molar-refractivity contribution < 1.29 is 52.5 Å². The SMILES string of the molecule is CCOC(=O)CCC1=Cc2cc(Cl)ccc2C(C2CCN(S(C)(=O)=O)CC2)c2ncccc21.CS(=O)(=O)N1CCC(C2c3ccc(Cl)cc3C=C(CCCO)c3cccnc32)CC1.CS(=O)(=O)OCCCC1=Cc2cc(Cl)ccc2C(C2CCN(S(C)(=O)=O)CC2)c2ncccc21. The molecule has 1 N–H and O–H groups in total. The maximum atomic E-state index is 12.1. The number of benzene rings is 3. The first-order chi connectivity index (χ1) is 46.2. The van der Waals surface area contributed by atoms with E-state index in [2.05, 4.69) is 54.6 Å². The highest BCUT2D eigenvalue weighted by Crippen LogP contribution is 2.49. The van der Waals surface area contributed by atoms with Crippen LogP contribution in [0.15, 0.2) is 110 Å². The van der Waals surface area contributed by atoms with Crippen LogP contribution in [0.3, 0.4) is 0 Å². The molecule has 3 unspecified atom stereocenters. The van der Waals surface area contributed by atoms with E-state index >= 15 is 0 Å². The number of allylic oxidation sites excluding steroid dienone is 3. The minimum absolute atomic E-state index is 0.00574. The highest BCUT2D eigenvalue weighted by Gasteiger charge is 2.40. The zero-order valence-electron chi connectivity index (χ0n) is 55.3. The molecule has 3 aromatic heterocycles. The number of sulfonamides is 3. The molecule has 0 radical (unpaired) electrons. The summed E-state index contributed by atoms with van der Waals surface area (Å²) in [4.78, 5) is 26.5. The van der Waals surface area contributed by atoms with Gasteiger partial charge >= 0.3 is 5.97 Å². The molecule has 3 fully saturated rings. The Morgan fingerprint density at radius 2 is 0.825 bits per heavy atom. The van der Waals surface area contributed by atoms with E-state index in [1.807, 2.05) is 60.8 Å². The van der Waals surface area contributed by atoms with Crippen molar-refractivity contribution >= 4 is 116 Å². The number of aliphatic hydroxyl groups is 1. The van der Waals surface area contributed by atoms with E-state index in [0.717, 1.165) is 130 Å². The summed E-state index contributed by atoms with van der Waals surface area (Å²) in [6.45, 7) is 5.50. The predicted molar refractivity (Wildman–Crippen MR) is 386 cm³/mol. The van der Waals surface area contributed by atoms with Crippen LogP contribution in [-0.2, 0) is 53.9 Å². The summed E-state index contributed by atoms with van der Waals surface area (Å²) in [6, 6.07) is 29.8. The fourth-order valence-corrected chi connectivity index (χ4v) is 18.4. The number of piperidine rings is 3. The molecule has 25 heteroatoms. The van der Waals surface area contributed by atoms with Crippen molar-refractivity contribution in [2.24, 2.45) is 17.8 Å². The smallest absolute Gasteiger partial charge is 0.306 e. The maximum absolute atomic E-state index is 12.1. The summed E-state index contributed by atoms with van der Waals surface area (Å²) in [5.41, 5.74) is 16.0. The average Bonchev–Trinajstić information content (AvgIpc) is 1.67. The van der Waals surface area contributed by atoms with Crippen LogP contribution in [0.1, 0.15) is 169 Å². The molecule has 6 heterocycles. The van der Waals surface area contributed by atoms with Gasteiger partial charge in [0.25, 0.3) is 10.1 Å². The molecule has 3 aliphatic carbocycles. The van der Waals surface area contributed by atoms with Gasteiger partial charge in [-0.05, 0) is 217 Å². The second kappa shape index (κ2) is 32.3. The Morgan fingerprint density at radius 1 is 0.495 bits per heavy atom. The highest BCUT2D eigenvalue weighted by molar-refractivity contribution is 7.88. The number of aliphatic hydroxyl groups excluding tert-OH is 1. The average molecular weight is 1460 g/mol. The number of nitrogens with zero attached hydrogens (tertiary/aromatic N) is 6. The Labute approximate surface area is 587 Å². The molecule has 12 rings (SSSR count). The van der Waals surface area contributed by atoms with Crippen molar-refractivity contribution in [3.63, 3.8) is 0 Å². The largest absolute Gasteiger partial charge is 0.466 e. The van der Waals surface area contributed by atoms with Gasteiger partial charge in [0.15, 0.2) is 0 Å². The summed E-state index contributed by atoms with van der Waals surface area (Å²) in [5.74, 6) is 0.657. The molecular weight excluding hydrogens is 1380 g/mol. The van der Waals surface area contributed by atoms with Crippen molar-refractivity contribution in [2.75, 3.05) is 84.1 Å². The van der Waals surface area contributed by atoms with Crippen LogP contribution in [0.4, 0.5) is 0 Å². The summed E-state index contributed by atoms with van der Waals surface area (Å²) >= 11 is 19.1. The number of hydrogen-bond acceptors (Lipinski definition) is 15. The van der Waals surface area contributed by atoms with Gasteiger partial charge in [-0.1, -0.05) is 89.4 Å². The number of aromatic nitrogens is 3. The van der Waals surface area contributed by atoms with E-state index in [1.54, 1.807) is 32.2 Å². The van der Waals surface area contributed by atoms with Gasteiger partial charge in [-0.25, -0.2) is 38.2 Å². The Morgan fingerprint density at radius 3 is 1.13 bits per heavy atom. The quantitative estimate of drug-likeness (QED) is 0.0478. The maximum Gasteiger partial charge on any atom is 0.306 e. The van der Waals surface area contributed by atoms with Crippen molar-refractivity contribution in [1.82, 2.24) is 27.9 Å². The molecule has 18 nitrogen and oxygen atoms in total. The summed E-state index contributed by atoms with van der Waals surface area (Å²) in [6.07, 6.45) is 24.8. The predicted octanol–water partition coefficient (Wildman–Crippen LogP) is 13.0. The third kappa shape index (κ3) is 18.6. The summed E-state index contributed by atoms with van der Waals surface area (Å²) < 4.78 is 109. The van der Waals surface area contributed by atoms with Gasteiger partial charge < -0.3 is 9.84 Å². The monoisotopic (exact) mass is 1460 g/mol. The van der Waals surface area contributed by atoms with Crippen LogP contribution in [0, 0.1) is 17.8 Å².